The second kappa shape index (κ2) is 5.96. The molecule has 3 rings (SSSR count). The number of fused-ring (bicyclic) bond motifs is 1. The zero-order chi connectivity index (χ0) is 16.7. The van der Waals surface area contributed by atoms with Crippen molar-refractivity contribution in [2.24, 2.45) is 0 Å². The summed E-state index contributed by atoms with van der Waals surface area (Å²) in [5, 5.41) is 0. The van der Waals surface area contributed by atoms with Crippen LogP contribution in [0.2, 0.25) is 0 Å². The maximum Gasteiger partial charge on any atom is 0.243 e. The molecule has 0 saturated carbocycles. The minimum absolute atomic E-state index is 0.145. The summed E-state index contributed by atoms with van der Waals surface area (Å²) in [6, 6.07) is 4.81. The minimum atomic E-state index is -3.59. The van der Waals surface area contributed by atoms with Crippen molar-refractivity contribution in [3.63, 3.8) is 0 Å². The number of sulfonamides is 1. The Morgan fingerprint density at radius 2 is 1.87 bits per heavy atom. The zero-order valence-electron chi connectivity index (χ0n) is 13.7. The Bertz CT molecular complexity index is 686. The fourth-order valence-electron chi connectivity index (χ4n) is 3.03. The molecule has 0 radical (unpaired) electrons. The van der Waals surface area contributed by atoms with Crippen LogP contribution in [0.4, 0.5) is 0 Å². The van der Waals surface area contributed by atoms with E-state index < -0.39 is 15.6 Å². The van der Waals surface area contributed by atoms with Gasteiger partial charge in [-0.25, -0.2) is 8.42 Å². The Hall–Kier alpha value is -1.31. The zero-order valence-corrected chi connectivity index (χ0v) is 14.6. The molecule has 1 unspecified atom stereocenters. The topological polar surface area (TPSA) is 65.1 Å². The van der Waals surface area contributed by atoms with Crippen LogP contribution in [-0.2, 0) is 14.8 Å². The molecule has 1 atom stereocenters. The summed E-state index contributed by atoms with van der Waals surface area (Å²) in [6.45, 7) is 7.47. The van der Waals surface area contributed by atoms with Gasteiger partial charge in [0.1, 0.15) is 0 Å². The average Bonchev–Trinajstić information content (AvgIpc) is 2.69. The molecule has 2 aliphatic rings. The fourth-order valence-corrected chi connectivity index (χ4v) is 4.71. The predicted molar refractivity (Wildman–Crippen MR) is 85.4 cm³/mol. The third-order valence-electron chi connectivity index (χ3n) is 3.89. The van der Waals surface area contributed by atoms with Gasteiger partial charge >= 0.3 is 0 Å². The molecule has 7 heteroatoms. The van der Waals surface area contributed by atoms with Gasteiger partial charge in [-0.05, 0) is 32.9 Å². The van der Waals surface area contributed by atoms with Crippen molar-refractivity contribution in [1.82, 2.24) is 4.31 Å². The van der Waals surface area contributed by atoms with Crippen LogP contribution in [-0.4, -0.2) is 50.7 Å². The van der Waals surface area contributed by atoms with Crippen molar-refractivity contribution in [3.8, 4) is 11.5 Å². The lowest BCUT2D eigenvalue weighted by molar-refractivity contribution is -0.109. The standard InChI is InChI=1S/C16H23NO5S/c1-12-10-17(11-16(2,3)22-12)23(18,19)13-5-6-14-15(9-13)21-8-4-7-20-14/h5-6,9,12H,4,7-8,10-11H2,1-3H3. The van der Waals surface area contributed by atoms with E-state index in [0.29, 0.717) is 37.8 Å². The summed E-state index contributed by atoms with van der Waals surface area (Å²) in [5.41, 5.74) is -0.504. The van der Waals surface area contributed by atoms with Crippen LogP contribution in [0.1, 0.15) is 27.2 Å². The Morgan fingerprint density at radius 3 is 2.57 bits per heavy atom. The van der Waals surface area contributed by atoms with E-state index in [4.69, 9.17) is 14.2 Å². The van der Waals surface area contributed by atoms with E-state index >= 15 is 0 Å². The van der Waals surface area contributed by atoms with Gasteiger partial charge in [0.05, 0.1) is 29.8 Å². The summed E-state index contributed by atoms with van der Waals surface area (Å²) in [6.07, 6.45) is 0.639. The monoisotopic (exact) mass is 341 g/mol. The van der Waals surface area contributed by atoms with E-state index in [2.05, 4.69) is 0 Å². The average molecular weight is 341 g/mol. The number of benzene rings is 1. The van der Waals surface area contributed by atoms with Gasteiger partial charge in [-0.3, -0.25) is 0 Å². The van der Waals surface area contributed by atoms with Gasteiger partial charge in [-0.2, -0.15) is 4.31 Å². The van der Waals surface area contributed by atoms with E-state index in [-0.39, 0.29) is 11.0 Å². The number of hydrogen-bond donors (Lipinski definition) is 0. The molecule has 2 heterocycles. The predicted octanol–water partition coefficient (Wildman–Crippen LogP) is 2.04. The van der Waals surface area contributed by atoms with Crippen LogP contribution in [0.3, 0.4) is 0 Å². The Kier molecular flexibility index (Phi) is 4.29. The Morgan fingerprint density at radius 1 is 1.17 bits per heavy atom. The first-order valence-electron chi connectivity index (χ1n) is 7.86. The van der Waals surface area contributed by atoms with Crippen LogP contribution >= 0.6 is 0 Å². The fraction of sp³-hybridized carbons (Fsp3) is 0.625. The number of nitrogens with zero attached hydrogens (tertiary/aromatic N) is 1. The van der Waals surface area contributed by atoms with Gasteiger partial charge in [0.25, 0.3) is 0 Å². The van der Waals surface area contributed by atoms with Gasteiger partial charge in [-0.15, -0.1) is 0 Å². The third kappa shape index (κ3) is 3.46. The quantitative estimate of drug-likeness (QED) is 0.823. The molecule has 0 amide bonds. The second-order valence-corrected chi connectivity index (χ2v) is 8.58. The van der Waals surface area contributed by atoms with E-state index in [1.165, 1.54) is 4.31 Å². The van der Waals surface area contributed by atoms with E-state index in [1.54, 1.807) is 18.2 Å². The summed E-state index contributed by atoms with van der Waals surface area (Å²) in [7, 11) is -3.59. The largest absolute Gasteiger partial charge is 0.490 e. The lowest BCUT2D eigenvalue weighted by atomic mass is 10.1. The van der Waals surface area contributed by atoms with Gasteiger partial charge in [0.15, 0.2) is 11.5 Å². The van der Waals surface area contributed by atoms with E-state index in [0.717, 1.165) is 6.42 Å². The first-order valence-corrected chi connectivity index (χ1v) is 9.30. The highest BCUT2D eigenvalue weighted by atomic mass is 32.2. The molecule has 0 aliphatic carbocycles. The highest BCUT2D eigenvalue weighted by Crippen LogP contribution is 2.34. The molecule has 6 nitrogen and oxygen atoms in total. The first kappa shape index (κ1) is 16.5. The lowest BCUT2D eigenvalue weighted by Crippen LogP contribution is -2.53. The van der Waals surface area contributed by atoms with Crippen LogP contribution in [0, 0.1) is 0 Å². The number of morpholine rings is 1. The van der Waals surface area contributed by atoms with Crippen LogP contribution in [0.25, 0.3) is 0 Å². The molecule has 1 aromatic carbocycles. The van der Waals surface area contributed by atoms with Crippen molar-refractivity contribution in [2.45, 2.75) is 43.8 Å². The minimum Gasteiger partial charge on any atom is -0.490 e. The molecule has 1 saturated heterocycles. The van der Waals surface area contributed by atoms with Crippen molar-refractivity contribution in [1.29, 1.82) is 0 Å². The highest BCUT2D eigenvalue weighted by Gasteiger charge is 2.38. The van der Waals surface area contributed by atoms with E-state index in [9.17, 15) is 8.42 Å². The van der Waals surface area contributed by atoms with Gasteiger partial charge in [-0.1, -0.05) is 0 Å². The van der Waals surface area contributed by atoms with Crippen LogP contribution in [0.5, 0.6) is 11.5 Å². The number of ether oxygens (including phenoxy) is 3. The maximum absolute atomic E-state index is 13.0. The number of hydrogen-bond acceptors (Lipinski definition) is 5. The summed E-state index contributed by atoms with van der Waals surface area (Å²) in [5.74, 6) is 1.08. The smallest absolute Gasteiger partial charge is 0.243 e. The van der Waals surface area contributed by atoms with Gasteiger partial charge in [0, 0.05) is 25.6 Å². The lowest BCUT2D eigenvalue weighted by Gasteiger charge is -2.40. The highest BCUT2D eigenvalue weighted by molar-refractivity contribution is 7.89. The molecule has 2 aliphatic heterocycles. The molecule has 0 bridgehead atoms. The molecule has 0 N–H and O–H groups in total. The molecule has 23 heavy (non-hydrogen) atoms. The van der Waals surface area contributed by atoms with Crippen molar-refractivity contribution >= 4 is 10.0 Å². The molecule has 128 valence electrons. The summed E-state index contributed by atoms with van der Waals surface area (Å²) in [4.78, 5) is 0.228. The maximum atomic E-state index is 13.0. The number of rotatable bonds is 2. The molecule has 1 aromatic rings. The van der Waals surface area contributed by atoms with Crippen LogP contribution in [0.15, 0.2) is 23.1 Å². The molecule has 0 spiro atoms. The van der Waals surface area contributed by atoms with Crippen LogP contribution < -0.4 is 9.47 Å². The van der Waals surface area contributed by atoms with Crippen molar-refractivity contribution < 1.29 is 22.6 Å². The van der Waals surface area contributed by atoms with Crippen molar-refractivity contribution in [3.05, 3.63) is 18.2 Å². The molecular formula is C16H23NO5S. The van der Waals surface area contributed by atoms with E-state index in [1.807, 2.05) is 20.8 Å². The Balaban J connectivity index is 1.92. The summed E-state index contributed by atoms with van der Waals surface area (Å²) < 4.78 is 44.4. The summed E-state index contributed by atoms with van der Waals surface area (Å²) >= 11 is 0. The SMILES string of the molecule is CC1CN(S(=O)(=O)c2ccc3c(c2)OCCCO3)CC(C)(C)O1. The Labute approximate surface area is 137 Å². The van der Waals surface area contributed by atoms with Gasteiger partial charge in [0.2, 0.25) is 10.0 Å². The molecular weight excluding hydrogens is 318 g/mol. The first-order chi connectivity index (χ1) is 10.8. The van der Waals surface area contributed by atoms with Gasteiger partial charge < -0.3 is 14.2 Å². The normalized spacial score (nSPS) is 24.9. The molecule has 0 aromatic heterocycles. The molecule has 1 fully saturated rings. The second-order valence-electron chi connectivity index (χ2n) is 6.64. The third-order valence-corrected chi connectivity index (χ3v) is 5.70. The van der Waals surface area contributed by atoms with Crippen molar-refractivity contribution in [2.75, 3.05) is 26.3 Å².